The summed E-state index contributed by atoms with van der Waals surface area (Å²) in [4.78, 5) is 5.23. The van der Waals surface area contributed by atoms with E-state index < -0.39 is 0 Å². The van der Waals surface area contributed by atoms with Gasteiger partial charge in [-0.15, -0.1) is 0 Å². The first-order valence-electron chi connectivity index (χ1n) is 7.50. The Morgan fingerprint density at radius 2 is 1.65 bits per heavy atom. The van der Waals surface area contributed by atoms with Gasteiger partial charge in [0.05, 0.1) is 0 Å². The van der Waals surface area contributed by atoms with E-state index in [1.54, 1.807) is 0 Å². The molecular formula is C14H29N3. The lowest BCUT2D eigenvalue weighted by Gasteiger charge is -2.35. The second-order valence-corrected chi connectivity index (χ2v) is 5.83. The van der Waals surface area contributed by atoms with Crippen molar-refractivity contribution < 1.29 is 0 Å². The van der Waals surface area contributed by atoms with E-state index in [1.165, 1.54) is 71.4 Å². The van der Waals surface area contributed by atoms with Gasteiger partial charge in [0.2, 0.25) is 0 Å². The molecule has 0 spiro atoms. The van der Waals surface area contributed by atoms with Crippen LogP contribution < -0.4 is 5.73 Å². The molecule has 3 nitrogen and oxygen atoms in total. The zero-order valence-corrected chi connectivity index (χ0v) is 11.4. The molecule has 2 aliphatic rings. The molecule has 2 fully saturated rings. The van der Waals surface area contributed by atoms with Gasteiger partial charge in [-0.05, 0) is 44.7 Å². The predicted molar refractivity (Wildman–Crippen MR) is 73.1 cm³/mol. The van der Waals surface area contributed by atoms with Crippen molar-refractivity contribution in [3.63, 3.8) is 0 Å². The maximum atomic E-state index is 6.13. The first kappa shape index (κ1) is 13.3. The summed E-state index contributed by atoms with van der Waals surface area (Å²) in [6.45, 7) is 9.90. The van der Waals surface area contributed by atoms with E-state index in [0.717, 1.165) is 5.92 Å². The van der Waals surface area contributed by atoms with Crippen molar-refractivity contribution in [2.75, 3.05) is 39.3 Å². The summed E-state index contributed by atoms with van der Waals surface area (Å²) in [5.74, 6) is 0.809. The largest absolute Gasteiger partial charge is 0.327 e. The van der Waals surface area contributed by atoms with Gasteiger partial charge < -0.3 is 15.5 Å². The Kier molecular flexibility index (Phi) is 5.26. The molecule has 1 aliphatic heterocycles. The van der Waals surface area contributed by atoms with Crippen molar-refractivity contribution in [1.82, 2.24) is 9.80 Å². The predicted octanol–water partition coefficient (Wildman–Crippen LogP) is 1.53. The molecule has 17 heavy (non-hydrogen) atoms. The van der Waals surface area contributed by atoms with Crippen LogP contribution in [0.4, 0.5) is 0 Å². The molecule has 100 valence electrons. The third kappa shape index (κ3) is 3.94. The molecule has 1 saturated carbocycles. The Morgan fingerprint density at radius 3 is 2.18 bits per heavy atom. The molecule has 2 atom stereocenters. The Morgan fingerprint density at radius 1 is 1.00 bits per heavy atom. The molecular weight excluding hydrogens is 210 g/mol. The molecule has 2 N–H and O–H groups in total. The third-order valence-corrected chi connectivity index (χ3v) is 4.54. The van der Waals surface area contributed by atoms with E-state index in [4.69, 9.17) is 5.73 Å². The van der Waals surface area contributed by atoms with Crippen LogP contribution in [0.1, 0.15) is 39.0 Å². The summed E-state index contributed by atoms with van der Waals surface area (Å²) >= 11 is 0. The molecule has 0 bridgehead atoms. The third-order valence-electron chi connectivity index (χ3n) is 4.54. The highest BCUT2D eigenvalue weighted by Crippen LogP contribution is 2.27. The second kappa shape index (κ2) is 6.72. The van der Waals surface area contributed by atoms with Gasteiger partial charge in [-0.1, -0.05) is 13.3 Å². The molecule has 3 heteroatoms. The minimum absolute atomic E-state index is 0.497. The van der Waals surface area contributed by atoms with E-state index in [2.05, 4.69) is 16.7 Å². The van der Waals surface area contributed by atoms with E-state index >= 15 is 0 Å². The van der Waals surface area contributed by atoms with Crippen molar-refractivity contribution in [3.8, 4) is 0 Å². The summed E-state index contributed by atoms with van der Waals surface area (Å²) in [5, 5.41) is 0. The van der Waals surface area contributed by atoms with Crippen LogP contribution in [-0.4, -0.2) is 55.1 Å². The highest BCUT2D eigenvalue weighted by Gasteiger charge is 2.24. The average Bonchev–Trinajstić information content (AvgIpc) is 2.75. The average molecular weight is 239 g/mol. The maximum absolute atomic E-state index is 6.13. The minimum Gasteiger partial charge on any atom is -0.327 e. The van der Waals surface area contributed by atoms with Crippen LogP contribution >= 0.6 is 0 Å². The van der Waals surface area contributed by atoms with Crippen LogP contribution in [0.3, 0.4) is 0 Å². The first-order valence-corrected chi connectivity index (χ1v) is 7.50. The van der Waals surface area contributed by atoms with Crippen LogP contribution in [0.5, 0.6) is 0 Å². The summed E-state index contributed by atoms with van der Waals surface area (Å²) in [6.07, 6.45) is 6.61. The lowest BCUT2D eigenvalue weighted by molar-refractivity contribution is 0.126. The van der Waals surface area contributed by atoms with Crippen LogP contribution in [0.2, 0.25) is 0 Å². The van der Waals surface area contributed by atoms with Gasteiger partial charge in [0.1, 0.15) is 0 Å². The second-order valence-electron chi connectivity index (χ2n) is 5.83. The molecule has 1 heterocycles. The van der Waals surface area contributed by atoms with Crippen molar-refractivity contribution in [2.45, 2.75) is 45.1 Å². The van der Waals surface area contributed by atoms with E-state index in [9.17, 15) is 0 Å². The van der Waals surface area contributed by atoms with Gasteiger partial charge in [0.15, 0.2) is 0 Å². The SMILES string of the molecule is CCCN1CCN(CCC2CCCC2N)CC1. The monoisotopic (exact) mass is 239 g/mol. The van der Waals surface area contributed by atoms with Crippen LogP contribution in [-0.2, 0) is 0 Å². The summed E-state index contributed by atoms with van der Waals surface area (Å²) < 4.78 is 0. The Labute approximate surface area is 106 Å². The van der Waals surface area contributed by atoms with Gasteiger partial charge in [0, 0.05) is 32.2 Å². The fourth-order valence-corrected chi connectivity index (χ4v) is 3.33. The maximum Gasteiger partial charge on any atom is 0.0110 e. The Bertz CT molecular complexity index is 212. The van der Waals surface area contributed by atoms with E-state index in [1.807, 2.05) is 0 Å². The number of nitrogens with zero attached hydrogens (tertiary/aromatic N) is 2. The molecule has 0 aromatic heterocycles. The van der Waals surface area contributed by atoms with Gasteiger partial charge >= 0.3 is 0 Å². The van der Waals surface area contributed by atoms with Crippen LogP contribution in [0, 0.1) is 5.92 Å². The highest BCUT2D eigenvalue weighted by atomic mass is 15.3. The van der Waals surface area contributed by atoms with Gasteiger partial charge in [-0.2, -0.15) is 0 Å². The first-order chi connectivity index (χ1) is 8.29. The molecule has 2 rings (SSSR count). The fraction of sp³-hybridized carbons (Fsp3) is 1.00. The molecule has 0 radical (unpaired) electrons. The lowest BCUT2D eigenvalue weighted by atomic mass is 10.00. The van der Waals surface area contributed by atoms with Gasteiger partial charge in [-0.25, -0.2) is 0 Å². The Balaban J connectivity index is 1.61. The Hall–Kier alpha value is -0.120. The smallest absolute Gasteiger partial charge is 0.0110 e. The van der Waals surface area contributed by atoms with Gasteiger partial charge in [0.25, 0.3) is 0 Å². The van der Waals surface area contributed by atoms with Crippen molar-refractivity contribution in [1.29, 1.82) is 0 Å². The zero-order valence-electron chi connectivity index (χ0n) is 11.4. The van der Waals surface area contributed by atoms with E-state index in [-0.39, 0.29) is 0 Å². The van der Waals surface area contributed by atoms with Crippen LogP contribution in [0.25, 0.3) is 0 Å². The quantitative estimate of drug-likeness (QED) is 0.790. The minimum atomic E-state index is 0.497. The summed E-state index contributed by atoms with van der Waals surface area (Å²) in [7, 11) is 0. The van der Waals surface area contributed by atoms with Crippen LogP contribution in [0.15, 0.2) is 0 Å². The summed E-state index contributed by atoms with van der Waals surface area (Å²) in [6, 6.07) is 0.497. The normalized spacial score (nSPS) is 32.1. The number of piperazine rings is 1. The van der Waals surface area contributed by atoms with E-state index in [0.29, 0.717) is 6.04 Å². The highest BCUT2D eigenvalue weighted by molar-refractivity contribution is 4.81. The van der Waals surface area contributed by atoms with Crippen molar-refractivity contribution in [3.05, 3.63) is 0 Å². The zero-order chi connectivity index (χ0) is 12.1. The topological polar surface area (TPSA) is 32.5 Å². The van der Waals surface area contributed by atoms with Crippen molar-refractivity contribution in [2.24, 2.45) is 11.7 Å². The molecule has 0 amide bonds. The number of hydrogen-bond acceptors (Lipinski definition) is 3. The number of hydrogen-bond donors (Lipinski definition) is 1. The lowest BCUT2D eigenvalue weighted by Crippen LogP contribution is -2.47. The fourth-order valence-electron chi connectivity index (χ4n) is 3.33. The standard InChI is InChI=1S/C14H29N3/c1-2-7-16-9-11-17(12-10-16)8-6-13-4-3-5-14(13)15/h13-14H,2-12,15H2,1H3. The molecule has 2 unspecified atom stereocenters. The molecule has 1 saturated heterocycles. The summed E-state index contributed by atoms with van der Waals surface area (Å²) in [5.41, 5.74) is 6.13. The molecule has 1 aliphatic carbocycles. The number of rotatable bonds is 5. The van der Waals surface area contributed by atoms with Crippen molar-refractivity contribution >= 4 is 0 Å². The molecule has 0 aromatic rings. The number of nitrogens with two attached hydrogens (primary N) is 1. The van der Waals surface area contributed by atoms with Gasteiger partial charge in [-0.3, -0.25) is 0 Å². The molecule has 0 aromatic carbocycles.